The van der Waals surface area contributed by atoms with Gasteiger partial charge in [-0.05, 0) is 18.2 Å². The van der Waals surface area contributed by atoms with Crippen LogP contribution in [0.2, 0.25) is 0 Å². The van der Waals surface area contributed by atoms with Crippen molar-refractivity contribution in [1.82, 2.24) is 0 Å². The molecule has 0 bridgehead atoms. The molecule has 0 saturated carbocycles. The molecule has 0 aliphatic rings. The van der Waals surface area contributed by atoms with Crippen molar-refractivity contribution >= 4 is 5.78 Å². The fourth-order valence-electron chi connectivity index (χ4n) is 1.93. The van der Waals surface area contributed by atoms with Crippen molar-refractivity contribution in [1.29, 1.82) is 0 Å². The third-order valence-electron chi connectivity index (χ3n) is 2.96. The zero-order chi connectivity index (χ0) is 15.8. The standard InChI is InChI=1S/C19H18O3/c1-3-12-21-17-11-10-16(14-18(17)22-13-4-2)19(20)15-8-6-5-7-9-15/h3-11,14H,1-2,12-13H2. The van der Waals surface area contributed by atoms with E-state index in [0.717, 1.165) is 0 Å². The lowest BCUT2D eigenvalue weighted by Gasteiger charge is -2.12. The Hall–Kier alpha value is -2.81. The van der Waals surface area contributed by atoms with Gasteiger partial charge in [-0.3, -0.25) is 4.79 Å². The van der Waals surface area contributed by atoms with E-state index in [9.17, 15) is 4.79 Å². The van der Waals surface area contributed by atoms with Crippen molar-refractivity contribution in [2.75, 3.05) is 13.2 Å². The van der Waals surface area contributed by atoms with Gasteiger partial charge in [0, 0.05) is 11.1 Å². The number of benzene rings is 2. The molecule has 0 aromatic heterocycles. The van der Waals surface area contributed by atoms with E-state index in [1.54, 1.807) is 42.5 Å². The summed E-state index contributed by atoms with van der Waals surface area (Å²) in [4.78, 5) is 12.5. The van der Waals surface area contributed by atoms with Gasteiger partial charge in [-0.2, -0.15) is 0 Å². The van der Waals surface area contributed by atoms with Crippen molar-refractivity contribution in [3.63, 3.8) is 0 Å². The lowest BCUT2D eigenvalue weighted by molar-refractivity contribution is 0.103. The van der Waals surface area contributed by atoms with Crippen LogP contribution >= 0.6 is 0 Å². The molecular formula is C19H18O3. The molecule has 22 heavy (non-hydrogen) atoms. The molecule has 0 aliphatic carbocycles. The summed E-state index contributed by atoms with van der Waals surface area (Å²) < 4.78 is 11.1. The summed E-state index contributed by atoms with van der Waals surface area (Å²) in [6.45, 7) is 7.95. The second-order valence-corrected chi connectivity index (χ2v) is 4.56. The second-order valence-electron chi connectivity index (χ2n) is 4.56. The van der Waals surface area contributed by atoms with E-state index < -0.39 is 0 Å². The maximum Gasteiger partial charge on any atom is 0.193 e. The summed E-state index contributed by atoms with van der Waals surface area (Å²) in [6.07, 6.45) is 3.29. The van der Waals surface area contributed by atoms with Crippen LogP contribution in [0.1, 0.15) is 15.9 Å². The smallest absolute Gasteiger partial charge is 0.193 e. The van der Waals surface area contributed by atoms with Crippen LogP contribution in [0.4, 0.5) is 0 Å². The molecule has 0 saturated heterocycles. The van der Waals surface area contributed by atoms with E-state index in [0.29, 0.717) is 35.8 Å². The van der Waals surface area contributed by atoms with Gasteiger partial charge in [-0.25, -0.2) is 0 Å². The Morgan fingerprint density at radius 1 is 0.864 bits per heavy atom. The topological polar surface area (TPSA) is 35.5 Å². The SMILES string of the molecule is C=CCOc1ccc(C(=O)c2ccccc2)cc1OCC=C. The molecule has 0 heterocycles. The van der Waals surface area contributed by atoms with Gasteiger partial charge >= 0.3 is 0 Å². The van der Waals surface area contributed by atoms with Gasteiger partial charge in [0.15, 0.2) is 17.3 Å². The summed E-state index contributed by atoms with van der Waals surface area (Å²) in [6, 6.07) is 14.3. The highest BCUT2D eigenvalue weighted by Gasteiger charge is 2.13. The molecule has 3 heteroatoms. The molecule has 0 N–H and O–H groups in total. The minimum atomic E-state index is -0.0562. The maximum absolute atomic E-state index is 12.5. The lowest BCUT2D eigenvalue weighted by atomic mass is 10.0. The van der Waals surface area contributed by atoms with Crippen molar-refractivity contribution in [3.8, 4) is 11.5 Å². The van der Waals surface area contributed by atoms with Gasteiger partial charge in [-0.15, -0.1) is 0 Å². The van der Waals surface area contributed by atoms with Crippen LogP contribution in [-0.4, -0.2) is 19.0 Å². The average Bonchev–Trinajstić information content (AvgIpc) is 2.58. The Labute approximate surface area is 130 Å². The molecule has 0 amide bonds. The number of carbonyl (C=O) groups excluding carboxylic acids is 1. The highest BCUT2D eigenvalue weighted by molar-refractivity contribution is 6.09. The zero-order valence-corrected chi connectivity index (χ0v) is 12.3. The molecule has 112 valence electrons. The van der Waals surface area contributed by atoms with Crippen molar-refractivity contribution in [2.24, 2.45) is 0 Å². The number of rotatable bonds is 8. The minimum Gasteiger partial charge on any atom is -0.486 e. The van der Waals surface area contributed by atoms with E-state index in [2.05, 4.69) is 13.2 Å². The average molecular weight is 294 g/mol. The summed E-state index contributed by atoms with van der Waals surface area (Å²) in [5, 5.41) is 0. The van der Waals surface area contributed by atoms with E-state index in [-0.39, 0.29) is 5.78 Å². The van der Waals surface area contributed by atoms with Crippen molar-refractivity contribution < 1.29 is 14.3 Å². The number of carbonyl (C=O) groups is 1. The molecule has 0 unspecified atom stereocenters. The zero-order valence-electron chi connectivity index (χ0n) is 12.3. The van der Waals surface area contributed by atoms with Crippen LogP contribution in [0, 0.1) is 0 Å². The minimum absolute atomic E-state index is 0.0562. The van der Waals surface area contributed by atoms with Gasteiger partial charge in [-0.1, -0.05) is 55.6 Å². The number of hydrogen-bond donors (Lipinski definition) is 0. The van der Waals surface area contributed by atoms with Gasteiger partial charge < -0.3 is 9.47 Å². The Morgan fingerprint density at radius 2 is 1.50 bits per heavy atom. The summed E-state index contributed by atoms with van der Waals surface area (Å²) in [5.74, 6) is 1.04. The summed E-state index contributed by atoms with van der Waals surface area (Å²) >= 11 is 0. The van der Waals surface area contributed by atoms with E-state index >= 15 is 0 Å². The normalized spacial score (nSPS) is 9.82. The molecule has 2 rings (SSSR count). The monoisotopic (exact) mass is 294 g/mol. The van der Waals surface area contributed by atoms with Gasteiger partial charge in [0.2, 0.25) is 0 Å². The molecule has 0 fully saturated rings. The summed E-state index contributed by atoms with van der Waals surface area (Å²) in [5.41, 5.74) is 1.19. The van der Waals surface area contributed by atoms with Gasteiger partial charge in [0.05, 0.1) is 0 Å². The predicted octanol–water partition coefficient (Wildman–Crippen LogP) is 4.05. The molecule has 0 atom stereocenters. The number of ketones is 1. The lowest BCUT2D eigenvalue weighted by Crippen LogP contribution is -2.04. The first kappa shape index (κ1) is 15.6. The van der Waals surface area contributed by atoms with Crippen LogP contribution in [0.25, 0.3) is 0 Å². The molecule has 3 nitrogen and oxygen atoms in total. The molecule has 0 spiro atoms. The highest BCUT2D eigenvalue weighted by atomic mass is 16.5. The maximum atomic E-state index is 12.5. The third kappa shape index (κ3) is 3.85. The Bertz CT molecular complexity index is 660. The number of ether oxygens (including phenoxy) is 2. The third-order valence-corrected chi connectivity index (χ3v) is 2.96. The number of hydrogen-bond acceptors (Lipinski definition) is 3. The largest absolute Gasteiger partial charge is 0.486 e. The van der Waals surface area contributed by atoms with Gasteiger partial charge in [0.25, 0.3) is 0 Å². The van der Waals surface area contributed by atoms with E-state index in [1.807, 2.05) is 18.2 Å². The van der Waals surface area contributed by atoms with Crippen LogP contribution in [-0.2, 0) is 0 Å². The second kappa shape index (κ2) is 7.84. The Kier molecular flexibility index (Phi) is 5.55. The molecule has 2 aromatic rings. The first-order valence-corrected chi connectivity index (χ1v) is 6.97. The van der Waals surface area contributed by atoms with E-state index in [4.69, 9.17) is 9.47 Å². The highest BCUT2D eigenvalue weighted by Crippen LogP contribution is 2.29. The summed E-state index contributed by atoms with van der Waals surface area (Å²) in [7, 11) is 0. The first-order valence-electron chi connectivity index (χ1n) is 6.97. The molecule has 0 radical (unpaired) electrons. The van der Waals surface area contributed by atoms with E-state index in [1.165, 1.54) is 0 Å². The molecule has 0 aliphatic heterocycles. The first-order chi connectivity index (χ1) is 10.8. The van der Waals surface area contributed by atoms with Crippen LogP contribution in [0.5, 0.6) is 11.5 Å². The van der Waals surface area contributed by atoms with Gasteiger partial charge in [0.1, 0.15) is 13.2 Å². The van der Waals surface area contributed by atoms with Crippen molar-refractivity contribution in [2.45, 2.75) is 0 Å². The Morgan fingerprint density at radius 3 is 2.14 bits per heavy atom. The molecule has 2 aromatic carbocycles. The van der Waals surface area contributed by atoms with Crippen LogP contribution in [0.15, 0.2) is 73.8 Å². The predicted molar refractivity (Wildman–Crippen MR) is 87.7 cm³/mol. The fraction of sp³-hybridized carbons (Fsp3) is 0.105. The fourth-order valence-corrected chi connectivity index (χ4v) is 1.93. The molecular weight excluding hydrogens is 276 g/mol. The van der Waals surface area contributed by atoms with Crippen LogP contribution < -0.4 is 9.47 Å². The van der Waals surface area contributed by atoms with Crippen molar-refractivity contribution in [3.05, 3.63) is 85.0 Å². The van der Waals surface area contributed by atoms with Crippen LogP contribution in [0.3, 0.4) is 0 Å². The quantitative estimate of drug-likeness (QED) is 0.544. The Balaban J connectivity index is 2.30.